The molecule has 0 amide bonds. The summed E-state index contributed by atoms with van der Waals surface area (Å²) in [4.78, 5) is 10.2. The molecule has 1 aliphatic carbocycles. The minimum Gasteiger partial charge on any atom is -1.00 e. The normalized spacial score (nSPS) is 30.1. The van der Waals surface area contributed by atoms with Gasteiger partial charge in [0.1, 0.15) is 0 Å². The Kier molecular flexibility index (Phi) is 4.52. The summed E-state index contributed by atoms with van der Waals surface area (Å²) in [5.74, 6) is -1.00. The minimum atomic E-state index is -0.764. The summed E-state index contributed by atoms with van der Waals surface area (Å²) < 4.78 is 0. The Bertz CT molecular complexity index is 129. The van der Waals surface area contributed by atoms with E-state index in [0.717, 1.165) is 12.8 Å². The van der Waals surface area contributed by atoms with Gasteiger partial charge in [0.25, 0.3) is 0 Å². The molecule has 10 heavy (non-hydrogen) atoms. The van der Waals surface area contributed by atoms with Crippen LogP contribution in [0, 0.1) is 11.8 Å². The summed E-state index contributed by atoms with van der Waals surface area (Å²) in [7, 11) is 0. The molecule has 4 heteroatoms. The van der Waals surface area contributed by atoms with E-state index >= 15 is 0 Å². The van der Waals surface area contributed by atoms with Gasteiger partial charge >= 0.3 is 35.5 Å². The van der Waals surface area contributed by atoms with Crippen molar-refractivity contribution in [1.82, 2.24) is 0 Å². The van der Waals surface area contributed by atoms with E-state index in [-0.39, 0.29) is 49.4 Å². The van der Waals surface area contributed by atoms with Gasteiger partial charge < -0.3 is 11.6 Å². The average Bonchev–Trinajstić information content (AvgIpc) is 1.61. The molecule has 0 heterocycles. The Balaban J connectivity index is 0. The van der Waals surface area contributed by atoms with Gasteiger partial charge in [0, 0.05) is 6.61 Å². The van der Waals surface area contributed by atoms with Crippen molar-refractivity contribution in [1.29, 1.82) is 0 Å². The fraction of sp³-hybridized carbons (Fsp3) is 0.833. The van der Waals surface area contributed by atoms with Gasteiger partial charge in [-0.1, -0.05) is 0 Å². The Labute approximate surface area is 83.2 Å². The zero-order valence-electron chi connectivity index (χ0n) is 7.08. The first kappa shape index (κ1) is 10.4. The number of carbonyl (C=O) groups is 1. The van der Waals surface area contributed by atoms with Crippen molar-refractivity contribution in [3.63, 3.8) is 0 Å². The summed E-state index contributed by atoms with van der Waals surface area (Å²) in [6.07, 6.45) is 1.61. The molecule has 0 aromatic rings. The summed E-state index contributed by atoms with van der Waals surface area (Å²) in [5.41, 5.74) is 0. The number of rotatable bonds is 2. The van der Waals surface area contributed by atoms with E-state index in [4.69, 9.17) is 10.2 Å². The van der Waals surface area contributed by atoms with E-state index in [1.807, 2.05) is 0 Å². The van der Waals surface area contributed by atoms with Gasteiger partial charge in [0.2, 0.25) is 0 Å². The van der Waals surface area contributed by atoms with Crippen LogP contribution >= 0.6 is 0 Å². The molecule has 0 aliphatic heterocycles. The molecule has 0 aromatic carbocycles. The van der Waals surface area contributed by atoms with Crippen LogP contribution in [0.2, 0.25) is 0 Å². The second-order valence-corrected chi connectivity index (χ2v) is 2.46. The van der Waals surface area contributed by atoms with Crippen LogP contribution in [0.1, 0.15) is 14.3 Å². The number of aliphatic hydroxyl groups is 1. The fourth-order valence-electron chi connectivity index (χ4n) is 1.11. The van der Waals surface area contributed by atoms with Crippen molar-refractivity contribution < 1.29 is 46.0 Å². The van der Waals surface area contributed by atoms with Crippen molar-refractivity contribution in [2.45, 2.75) is 12.8 Å². The van der Waals surface area contributed by atoms with Crippen molar-refractivity contribution in [2.75, 3.05) is 6.61 Å². The number of aliphatic hydroxyl groups excluding tert-OH is 1. The zero-order chi connectivity index (χ0) is 6.85. The van der Waals surface area contributed by atoms with Crippen molar-refractivity contribution in [2.24, 2.45) is 11.8 Å². The second-order valence-electron chi connectivity index (χ2n) is 2.46. The molecule has 0 spiro atoms. The van der Waals surface area contributed by atoms with Gasteiger partial charge in [-0.3, -0.25) is 4.79 Å². The van der Waals surface area contributed by atoms with Crippen LogP contribution in [0.25, 0.3) is 0 Å². The summed E-state index contributed by atoms with van der Waals surface area (Å²) >= 11 is 0. The topological polar surface area (TPSA) is 57.5 Å². The molecular weight excluding hydrogens is 143 g/mol. The number of aliphatic carboxylic acids is 1. The van der Waals surface area contributed by atoms with Crippen molar-refractivity contribution in [3.8, 4) is 0 Å². The van der Waals surface area contributed by atoms with E-state index < -0.39 is 5.97 Å². The third-order valence-electron chi connectivity index (χ3n) is 1.97. The molecule has 1 fully saturated rings. The van der Waals surface area contributed by atoms with Gasteiger partial charge in [-0.15, -0.1) is 0 Å². The Morgan fingerprint density at radius 1 is 1.60 bits per heavy atom. The number of hydrogen-bond donors (Lipinski definition) is 2. The Morgan fingerprint density at radius 2 is 2.20 bits per heavy atom. The Morgan fingerprint density at radius 3 is 2.30 bits per heavy atom. The predicted octanol–water partition coefficient (Wildman–Crippen LogP) is -2.79. The van der Waals surface area contributed by atoms with Crippen LogP contribution in [0.15, 0.2) is 0 Å². The second kappa shape index (κ2) is 4.34. The van der Waals surface area contributed by atoms with Gasteiger partial charge in [-0.05, 0) is 18.8 Å². The molecule has 54 valence electrons. The summed E-state index contributed by atoms with van der Waals surface area (Å²) in [5, 5.41) is 17.0. The molecule has 3 nitrogen and oxygen atoms in total. The number of carboxylic acid groups (broad SMARTS) is 1. The quantitative estimate of drug-likeness (QED) is 0.423. The van der Waals surface area contributed by atoms with Crippen LogP contribution in [0.4, 0.5) is 0 Å². The van der Waals surface area contributed by atoms with Crippen LogP contribution in [0.3, 0.4) is 0 Å². The average molecular weight is 154 g/mol. The first-order chi connectivity index (χ1) is 4.25. The molecule has 1 rings (SSSR count). The molecule has 0 bridgehead atoms. The van der Waals surface area contributed by atoms with E-state index in [2.05, 4.69) is 0 Å². The van der Waals surface area contributed by atoms with Crippen LogP contribution in [-0.2, 0) is 4.79 Å². The molecule has 0 radical (unpaired) electrons. The predicted molar refractivity (Wildman–Crippen MR) is 32.0 cm³/mol. The van der Waals surface area contributed by atoms with Gasteiger partial charge in [0.15, 0.2) is 0 Å². The largest absolute Gasteiger partial charge is 1.00 e. The molecule has 1 aliphatic rings. The zero-order valence-corrected chi connectivity index (χ0v) is 8.08. The number of carboxylic acids is 1. The molecule has 2 unspecified atom stereocenters. The van der Waals surface area contributed by atoms with Gasteiger partial charge in [0.05, 0.1) is 5.92 Å². The van der Waals surface area contributed by atoms with Crippen molar-refractivity contribution >= 4 is 5.97 Å². The molecule has 2 atom stereocenters. The first-order valence-electron chi connectivity index (χ1n) is 3.09. The maximum absolute atomic E-state index is 10.2. The maximum Gasteiger partial charge on any atom is 1.00 e. The molecular formula is C6H11NaO3. The third kappa shape index (κ3) is 1.95. The summed E-state index contributed by atoms with van der Waals surface area (Å²) in [6, 6.07) is 0. The first-order valence-corrected chi connectivity index (χ1v) is 3.09. The third-order valence-corrected chi connectivity index (χ3v) is 1.97. The molecule has 2 N–H and O–H groups in total. The standard InChI is InChI=1S/C6H10O3.Na.H/c7-3-4-1-2-5(4)6(8)9;;/h4-5,7H,1-3H2,(H,8,9);;/q;+1;-1. The van der Waals surface area contributed by atoms with Gasteiger partial charge in [-0.25, -0.2) is 0 Å². The maximum atomic E-state index is 10.2. The monoisotopic (exact) mass is 154 g/mol. The molecule has 0 saturated heterocycles. The molecule has 1 saturated carbocycles. The van der Waals surface area contributed by atoms with Crippen LogP contribution < -0.4 is 29.6 Å². The van der Waals surface area contributed by atoms with E-state index in [0.29, 0.717) is 0 Å². The fourth-order valence-corrected chi connectivity index (χ4v) is 1.11. The minimum absolute atomic E-state index is 0. The smallest absolute Gasteiger partial charge is 1.00 e. The van der Waals surface area contributed by atoms with E-state index in [1.54, 1.807) is 0 Å². The van der Waals surface area contributed by atoms with Crippen molar-refractivity contribution in [3.05, 3.63) is 0 Å². The van der Waals surface area contributed by atoms with Gasteiger partial charge in [-0.2, -0.15) is 0 Å². The SMILES string of the molecule is O=C(O)C1CCC1CO.[H-].[Na+]. The summed E-state index contributed by atoms with van der Waals surface area (Å²) in [6.45, 7) is 0.0248. The van der Waals surface area contributed by atoms with E-state index in [9.17, 15) is 4.79 Å². The Hall–Kier alpha value is 0.430. The van der Waals surface area contributed by atoms with E-state index in [1.165, 1.54) is 0 Å². The molecule has 0 aromatic heterocycles. The van der Waals surface area contributed by atoms with Crippen LogP contribution in [0.5, 0.6) is 0 Å². The van der Waals surface area contributed by atoms with Crippen LogP contribution in [-0.4, -0.2) is 22.8 Å². The number of hydrogen-bond acceptors (Lipinski definition) is 2.